The second-order valence-corrected chi connectivity index (χ2v) is 2.62. The number of hydroxylamine groups is 1. The van der Waals surface area contributed by atoms with E-state index >= 15 is 0 Å². The zero-order valence-electron chi connectivity index (χ0n) is 8.20. The Morgan fingerprint density at radius 2 is 2.43 bits per heavy atom. The van der Waals surface area contributed by atoms with Gasteiger partial charge in [0.1, 0.15) is 5.82 Å². The van der Waals surface area contributed by atoms with Crippen molar-refractivity contribution in [3.8, 4) is 0 Å². The maximum atomic E-state index is 11.1. The molecule has 2 amide bonds. The predicted octanol–water partition coefficient (Wildman–Crippen LogP) is 1.33. The molecule has 1 rings (SSSR count). The monoisotopic (exact) mass is 195 g/mol. The third kappa shape index (κ3) is 2.70. The van der Waals surface area contributed by atoms with Crippen molar-refractivity contribution >= 4 is 11.8 Å². The largest absolute Gasteiger partial charge is 0.344 e. The maximum absolute atomic E-state index is 11.1. The summed E-state index contributed by atoms with van der Waals surface area (Å²) < 4.78 is 0. The van der Waals surface area contributed by atoms with E-state index in [-0.39, 0.29) is 0 Å². The third-order valence-electron chi connectivity index (χ3n) is 1.70. The topological polar surface area (TPSA) is 63.2 Å². The molecule has 0 spiro atoms. The van der Waals surface area contributed by atoms with Crippen LogP contribution < -0.4 is 10.8 Å². The molecule has 1 aromatic heterocycles. The second kappa shape index (κ2) is 5.18. The SMILES string of the molecule is CCc1cccnc1NC(=O)NOC. The first-order valence-corrected chi connectivity index (χ1v) is 4.31. The van der Waals surface area contributed by atoms with Gasteiger partial charge in [0.05, 0.1) is 7.11 Å². The van der Waals surface area contributed by atoms with Crippen LogP contribution in [0.5, 0.6) is 0 Å². The third-order valence-corrected chi connectivity index (χ3v) is 1.70. The summed E-state index contributed by atoms with van der Waals surface area (Å²) in [6.45, 7) is 2.00. The van der Waals surface area contributed by atoms with Crippen LogP contribution in [0.3, 0.4) is 0 Å². The van der Waals surface area contributed by atoms with Gasteiger partial charge in [-0.1, -0.05) is 13.0 Å². The van der Waals surface area contributed by atoms with Crippen LogP contribution in [0.1, 0.15) is 12.5 Å². The van der Waals surface area contributed by atoms with Crippen molar-refractivity contribution in [1.82, 2.24) is 10.5 Å². The summed E-state index contributed by atoms with van der Waals surface area (Å²) >= 11 is 0. The van der Waals surface area contributed by atoms with Crippen LogP contribution in [0.15, 0.2) is 18.3 Å². The lowest BCUT2D eigenvalue weighted by atomic mass is 10.2. The lowest BCUT2D eigenvalue weighted by Gasteiger charge is -2.07. The summed E-state index contributed by atoms with van der Waals surface area (Å²) in [6.07, 6.45) is 2.44. The van der Waals surface area contributed by atoms with Crippen LogP contribution in [0.4, 0.5) is 10.6 Å². The molecule has 0 unspecified atom stereocenters. The first-order valence-electron chi connectivity index (χ1n) is 4.31. The van der Waals surface area contributed by atoms with Crippen molar-refractivity contribution in [3.05, 3.63) is 23.9 Å². The quantitative estimate of drug-likeness (QED) is 0.715. The average molecular weight is 195 g/mol. The number of urea groups is 1. The van der Waals surface area contributed by atoms with Gasteiger partial charge in [-0.2, -0.15) is 0 Å². The first-order chi connectivity index (χ1) is 6.77. The normalized spacial score (nSPS) is 9.57. The van der Waals surface area contributed by atoms with Gasteiger partial charge >= 0.3 is 6.03 Å². The van der Waals surface area contributed by atoms with Gasteiger partial charge in [-0.3, -0.25) is 10.2 Å². The Hall–Kier alpha value is -1.62. The molecule has 0 bridgehead atoms. The number of carbonyl (C=O) groups is 1. The standard InChI is InChI=1S/C9H13N3O2/c1-3-7-5-4-6-10-8(7)11-9(13)12-14-2/h4-6H,3H2,1-2H3,(H2,10,11,12,13). The van der Waals surface area contributed by atoms with Crippen molar-refractivity contribution < 1.29 is 9.63 Å². The van der Waals surface area contributed by atoms with Gasteiger partial charge in [-0.05, 0) is 18.1 Å². The molecule has 0 fully saturated rings. The van der Waals surface area contributed by atoms with Gasteiger partial charge in [-0.15, -0.1) is 0 Å². The lowest BCUT2D eigenvalue weighted by molar-refractivity contribution is 0.114. The average Bonchev–Trinajstić information content (AvgIpc) is 2.19. The van der Waals surface area contributed by atoms with Crippen molar-refractivity contribution in [2.24, 2.45) is 0 Å². The Morgan fingerprint density at radius 1 is 1.64 bits per heavy atom. The van der Waals surface area contributed by atoms with E-state index in [2.05, 4.69) is 20.6 Å². The van der Waals surface area contributed by atoms with E-state index in [0.29, 0.717) is 5.82 Å². The zero-order chi connectivity index (χ0) is 10.4. The fraction of sp³-hybridized carbons (Fsp3) is 0.333. The van der Waals surface area contributed by atoms with E-state index in [1.807, 2.05) is 19.1 Å². The van der Waals surface area contributed by atoms with Crippen LogP contribution in [0, 0.1) is 0 Å². The molecular weight excluding hydrogens is 182 g/mol. The molecule has 76 valence electrons. The number of rotatable bonds is 3. The first kappa shape index (κ1) is 10.5. The Balaban J connectivity index is 2.70. The number of nitrogens with one attached hydrogen (secondary N) is 2. The fourth-order valence-electron chi connectivity index (χ4n) is 1.06. The van der Waals surface area contributed by atoms with Crippen molar-refractivity contribution in [1.29, 1.82) is 0 Å². The van der Waals surface area contributed by atoms with Gasteiger partial charge in [-0.25, -0.2) is 15.3 Å². The Kier molecular flexibility index (Phi) is 3.87. The van der Waals surface area contributed by atoms with Crippen LogP contribution in [0.2, 0.25) is 0 Å². The summed E-state index contributed by atoms with van der Waals surface area (Å²) in [6, 6.07) is 3.31. The number of hydrogen-bond donors (Lipinski definition) is 2. The van der Waals surface area contributed by atoms with E-state index in [1.54, 1.807) is 6.20 Å². The lowest BCUT2D eigenvalue weighted by Crippen LogP contribution is -2.28. The molecule has 1 heterocycles. The van der Waals surface area contributed by atoms with Gasteiger partial charge in [0.25, 0.3) is 0 Å². The number of pyridine rings is 1. The number of aryl methyl sites for hydroxylation is 1. The number of aromatic nitrogens is 1. The molecule has 0 aromatic carbocycles. The summed E-state index contributed by atoms with van der Waals surface area (Å²) in [7, 11) is 1.37. The molecule has 2 N–H and O–H groups in total. The van der Waals surface area contributed by atoms with E-state index in [0.717, 1.165) is 12.0 Å². The summed E-state index contributed by atoms with van der Waals surface area (Å²) in [5.74, 6) is 0.560. The van der Waals surface area contributed by atoms with Crippen molar-refractivity contribution in [2.75, 3.05) is 12.4 Å². The van der Waals surface area contributed by atoms with E-state index in [1.165, 1.54) is 7.11 Å². The molecule has 1 aromatic rings. The highest BCUT2D eigenvalue weighted by Crippen LogP contribution is 2.11. The molecule has 0 radical (unpaired) electrons. The van der Waals surface area contributed by atoms with E-state index in [9.17, 15) is 4.79 Å². The van der Waals surface area contributed by atoms with Gasteiger partial charge in [0.2, 0.25) is 0 Å². The fourth-order valence-corrected chi connectivity index (χ4v) is 1.06. The summed E-state index contributed by atoms with van der Waals surface area (Å²) in [5.41, 5.74) is 3.14. The maximum Gasteiger partial charge on any atom is 0.344 e. The molecule has 5 nitrogen and oxygen atoms in total. The highest BCUT2D eigenvalue weighted by molar-refractivity contribution is 5.88. The molecule has 0 saturated carbocycles. The smallest absolute Gasteiger partial charge is 0.290 e. The Bertz CT molecular complexity index is 315. The molecule has 5 heteroatoms. The molecule has 0 aliphatic heterocycles. The second-order valence-electron chi connectivity index (χ2n) is 2.62. The van der Waals surface area contributed by atoms with Crippen molar-refractivity contribution in [3.63, 3.8) is 0 Å². The van der Waals surface area contributed by atoms with E-state index < -0.39 is 6.03 Å². The minimum absolute atomic E-state index is 0.430. The number of nitrogens with zero attached hydrogens (tertiary/aromatic N) is 1. The molecule has 14 heavy (non-hydrogen) atoms. The Labute approximate surface area is 82.4 Å². The van der Waals surface area contributed by atoms with Crippen LogP contribution in [-0.4, -0.2) is 18.1 Å². The van der Waals surface area contributed by atoms with Crippen LogP contribution in [-0.2, 0) is 11.3 Å². The summed E-state index contributed by atoms with van der Waals surface area (Å²) in [4.78, 5) is 19.6. The minimum Gasteiger partial charge on any atom is -0.290 e. The summed E-state index contributed by atoms with van der Waals surface area (Å²) in [5, 5.41) is 2.58. The number of anilines is 1. The molecule has 0 aliphatic carbocycles. The zero-order valence-corrected chi connectivity index (χ0v) is 8.20. The van der Waals surface area contributed by atoms with Crippen molar-refractivity contribution in [2.45, 2.75) is 13.3 Å². The highest BCUT2D eigenvalue weighted by Gasteiger charge is 2.04. The molecule has 0 aliphatic rings. The molecular formula is C9H13N3O2. The molecule has 0 atom stereocenters. The number of hydrogen-bond acceptors (Lipinski definition) is 3. The van der Waals surface area contributed by atoms with E-state index in [4.69, 9.17) is 0 Å². The highest BCUT2D eigenvalue weighted by atomic mass is 16.6. The predicted molar refractivity (Wildman–Crippen MR) is 52.8 cm³/mol. The minimum atomic E-state index is -0.430. The number of carbonyl (C=O) groups excluding carboxylic acids is 1. The number of amides is 2. The van der Waals surface area contributed by atoms with Gasteiger partial charge in [0.15, 0.2) is 0 Å². The van der Waals surface area contributed by atoms with Crippen LogP contribution >= 0.6 is 0 Å². The van der Waals surface area contributed by atoms with Crippen LogP contribution in [0.25, 0.3) is 0 Å². The molecule has 0 saturated heterocycles. The van der Waals surface area contributed by atoms with Gasteiger partial charge < -0.3 is 0 Å². The Morgan fingerprint density at radius 3 is 3.07 bits per heavy atom. The van der Waals surface area contributed by atoms with Gasteiger partial charge in [0, 0.05) is 6.20 Å².